The fraction of sp³-hybridized carbons (Fsp3) is 0.364. The maximum Gasteiger partial charge on any atom is 0.387 e. The third kappa shape index (κ3) is 5.99. The second-order valence-corrected chi connectivity index (χ2v) is 7.14. The molecular weight excluding hydrogens is 422 g/mol. The fourth-order valence-electron chi connectivity index (χ4n) is 3.01. The first-order valence-corrected chi connectivity index (χ1v) is 10.1. The highest BCUT2D eigenvalue weighted by atomic mass is 19.3. The molecule has 0 unspecified atom stereocenters. The lowest BCUT2D eigenvalue weighted by atomic mass is 10.1. The molecule has 2 N–H and O–H groups in total. The molecule has 0 atom stereocenters. The van der Waals surface area contributed by atoms with E-state index in [1.807, 2.05) is 19.1 Å². The molecule has 1 aliphatic heterocycles. The highest BCUT2D eigenvalue weighted by Gasteiger charge is 2.20. The van der Waals surface area contributed by atoms with E-state index < -0.39 is 6.61 Å². The van der Waals surface area contributed by atoms with E-state index >= 15 is 0 Å². The van der Waals surface area contributed by atoms with Crippen LogP contribution in [0.25, 0.3) is 0 Å². The largest absolute Gasteiger partial charge is 0.454 e. The summed E-state index contributed by atoms with van der Waals surface area (Å²) in [6.45, 7) is 0.157. The summed E-state index contributed by atoms with van der Waals surface area (Å²) in [5, 5.41) is 6.23. The zero-order valence-electron chi connectivity index (χ0n) is 18.2. The van der Waals surface area contributed by atoms with Gasteiger partial charge in [-0.3, -0.25) is 4.79 Å². The van der Waals surface area contributed by atoms with Crippen molar-refractivity contribution in [3.63, 3.8) is 0 Å². The number of fused-ring (bicyclic) bond motifs is 1. The van der Waals surface area contributed by atoms with Gasteiger partial charge in [0.2, 0.25) is 6.79 Å². The Morgan fingerprint density at radius 2 is 1.84 bits per heavy atom. The molecule has 2 aromatic rings. The number of rotatable bonds is 8. The van der Waals surface area contributed by atoms with Gasteiger partial charge in [0.1, 0.15) is 5.75 Å². The Labute approximate surface area is 185 Å². The zero-order chi connectivity index (χ0) is 23.1. The third-order valence-electron chi connectivity index (χ3n) is 4.59. The van der Waals surface area contributed by atoms with E-state index in [0.717, 1.165) is 5.56 Å². The van der Waals surface area contributed by atoms with Crippen molar-refractivity contribution in [2.45, 2.75) is 26.6 Å². The number of alkyl halides is 2. The number of carbonyl (C=O) groups is 1. The predicted octanol–water partition coefficient (Wildman–Crippen LogP) is 2.97. The van der Waals surface area contributed by atoms with E-state index in [9.17, 15) is 13.6 Å². The van der Waals surface area contributed by atoms with Gasteiger partial charge in [-0.15, -0.1) is 0 Å². The van der Waals surface area contributed by atoms with Crippen molar-refractivity contribution >= 4 is 11.9 Å². The van der Waals surface area contributed by atoms with Crippen LogP contribution in [-0.4, -0.2) is 50.8 Å². The summed E-state index contributed by atoms with van der Waals surface area (Å²) in [6, 6.07) is 10.2. The smallest absolute Gasteiger partial charge is 0.387 e. The molecule has 10 heteroatoms. The molecule has 0 aromatic heterocycles. The number of benzene rings is 2. The maximum atomic E-state index is 12.8. The molecule has 1 heterocycles. The standard InChI is InChI=1S/C22H26F2N4O4/c1-4-25-22(26-11-14-5-7-15(8-6-14)20(29)28(2)3)27-12-16-9-18-19(31-13-30-18)10-17(16)32-21(23)24/h5-10,21H,4,11-13H2,1-3H3,(H2,25,26,27). The minimum Gasteiger partial charge on any atom is -0.454 e. The molecule has 172 valence electrons. The Morgan fingerprint density at radius 3 is 2.47 bits per heavy atom. The number of hydrogen-bond acceptors (Lipinski definition) is 5. The van der Waals surface area contributed by atoms with Crippen molar-refractivity contribution in [3.05, 3.63) is 53.1 Å². The van der Waals surface area contributed by atoms with Crippen LogP contribution in [0.4, 0.5) is 8.78 Å². The molecule has 0 saturated heterocycles. The minimum absolute atomic E-state index is 0.00810. The molecule has 0 bridgehead atoms. The fourth-order valence-corrected chi connectivity index (χ4v) is 3.01. The van der Waals surface area contributed by atoms with E-state index in [1.165, 1.54) is 11.0 Å². The number of carbonyl (C=O) groups excluding carboxylic acids is 1. The molecule has 3 rings (SSSR count). The molecule has 1 aliphatic rings. The quantitative estimate of drug-likeness (QED) is 0.477. The topological polar surface area (TPSA) is 84.4 Å². The number of nitrogens with zero attached hydrogens (tertiary/aromatic N) is 2. The molecule has 32 heavy (non-hydrogen) atoms. The van der Waals surface area contributed by atoms with Gasteiger partial charge in [-0.1, -0.05) is 12.1 Å². The van der Waals surface area contributed by atoms with E-state index in [-0.39, 0.29) is 25.0 Å². The minimum atomic E-state index is -2.96. The number of amides is 1. The van der Waals surface area contributed by atoms with E-state index in [1.54, 1.807) is 32.3 Å². The van der Waals surface area contributed by atoms with Crippen molar-refractivity contribution in [1.29, 1.82) is 0 Å². The van der Waals surface area contributed by atoms with Gasteiger partial charge in [0, 0.05) is 44.4 Å². The molecule has 8 nitrogen and oxygen atoms in total. The Bertz CT molecular complexity index is 965. The van der Waals surface area contributed by atoms with E-state index in [2.05, 4.69) is 20.4 Å². The Balaban J connectivity index is 1.69. The maximum absolute atomic E-state index is 12.8. The van der Waals surface area contributed by atoms with Gasteiger partial charge in [-0.25, -0.2) is 4.99 Å². The van der Waals surface area contributed by atoms with Crippen LogP contribution in [0.5, 0.6) is 17.2 Å². The van der Waals surface area contributed by atoms with Gasteiger partial charge in [-0.05, 0) is 30.7 Å². The van der Waals surface area contributed by atoms with Gasteiger partial charge in [0.25, 0.3) is 5.91 Å². The molecule has 0 fully saturated rings. The molecule has 1 amide bonds. The summed E-state index contributed by atoms with van der Waals surface area (Å²) >= 11 is 0. The van der Waals surface area contributed by atoms with Crippen LogP contribution >= 0.6 is 0 Å². The molecule has 0 saturated carbocycles. The van der Waals surface area contributed by atoms with Gasteiger partial charge < -0.3 is 29.7 Å². The lowest BCUT2D eigenvalue weighted by molar-refractivity contribution is -0.0505. The lowest BCUT2D eigenvalue weighted by Crippen LogP contribution is -2.36. The third-order valence-corrected chi connectivity index (χ3v) is 4.59. The van der Waals surface area contributed by atoms with Crippen molar-refractivity contribution in [3.8, 4) is 17.2 Å². The average Bonchev–Trinajstić information content (AvgIpc) is 3.22. The summed E-state index contributed by atoms with van der Waals surface area (Å²) in [6.07, 6.45) is 0. The molecule has 0 aliphatic carbocycles. The Morgan fingerprint density at radius 1 is 1.16 bits per heavy atom. The molecule has 2 aromatic carbocycles. The first-order chi connectivity index (χ1) is 15.4. The van der Waals surface area contributed by atoms with Crippen molar-refractivity contribution < 1.29 is 27.8 Å². The van der Waals surface area contributed by atoms with E-state index in [0.29, 0.717) is 41.7 Å². The number of ether oxygens (including phenoxy) is 3. The van der Waals surface area contributed by atoms with Gasteiger partial charge in [0.05, 0.1) is 6.54 Å². The number of hydrogen-bond donors (Lipinski definition) is 2. The van der Waals surface area contributed by atoms with Crippen molar-refractivity contribution in [2.75, 3.05) is 27.4 Å². The van der Waals surface area contributed by atoms with Crippen LogP contribution in [0.1, 0.15) is 28.4 Å². The molecular formula is C22H26F2N4O4. The first kappa shape index (κ1) is 23.1. The highest BCUT2D eigenvalue weighted by molar-refractivity contribution is 5.93. The Kier molecular flexibility index (Phi) is 7.69. The van der Waals surface area contributed by atoms with Gasteiger partial charge in [0.15, 0.2) is 17.5 Å². The zero-order valence-corrected chi connectivity index (χ0v) is 18.2. The van der Waals surface area contributed by atoms with E-state index in [4.69, 9.17) is 9.47 Å². The van der Waals surface area contributed by atoms with Crippen LogP contribution in [0.3, 0.4) is 0 Å². The molecule has 0 spiro atoms. The van der Waals surface area contributed by atoms with Crippen LogP contribution in [0.2, 0.25) is 0 Å². The van der Waals surface area contributed by atoms with Crippen LogP contribution < -0.4 is 24.8 Å². The summed E-state index contributed by atoms with van der Waals surface area (Å²) in [5.41, 5.74) is 2.00. The summed E-state index contributed by atoms with van der Waals surface area (Å²) in [7, 11) is 3.40. The Hall–Kier alpha value is -3.56. The van der Waals surface area contributed by atoms with Crippen molar-refractivity contribution in [1.82, 2.24) is 15.5 Å². The number of halogens is 2. The van der Waals surface area contributed by atoms with Crippen LogP contribution in [0.15, 0.2) is 41.4 Å². The number of guanidine groups is 1. The average molecular weight is 448 g/mol. The van der Waals surface area contributed by atoms with Crippen LogP contribution in [0, 0.1) is 0 Å². The van der Waals surface area contributed by atoms with Gasteiger partial charge in [-0.2, -0.15) is 8.78 Å². The lowest BCUT2D eigenvalue weighted by Gasteiger charge is -2.15. The van der Waals surface area contributed by atoms with Crippen molar-refractivity contribution in [2.24, 2.45) is 4.99 Å². The highest BCUT2D eigenvalue weighted by Crippen LogP contribution is 2.38. The molecule has 0 radical (unpaired) electrons. The monoisotopic (exact) mass is 448 g/mol. The van der Waals surface area contributed by atoms with Crippen LogP contribution in [-0.2, 0) is 13.1 Å². The normalized spacial score (nSPS) is 12.6. The first-order valence-electron chi connectivity index (χ1n) is 10.1. The predicted molar refractivity (Wildman–Crippen MR) is 115 cm³/mol. The SMILES string of the molecule is CCNC(=NCc1ccc(C(=O)N(C)C)cc1)NCc1cc2c(cc1OC(F)F)OCO2. The van der Waals surface area contributed by atoms with Gasteiger partial charge >= 0.3 is 6.61 Å². The second-order valence-electron chi connectivity index (χ2n) is 7.14. The number of nitrogens with one attached hydrogen (secondary N) is 2. The summed E-state index contributed by atoms with van der Waals surface area (Å²) in [4.78, 5) is 18.0. The summed E-state index contributed by atoms with van der Waals surface area (Å²) < 4.78 is 40.9. The second kappa shape index (κ2) is 10.7. The number of aliphatic imine (C=N–C) groups is 1. The summed E-state index contributed by atoms with van der Waals surface area (Å²) in [5.74, 6) is 1.27.